The molecule has 2 rings (SSSR count). The van der Waals surface area contributed by atoms with Crippen LogP contribution < -0.4 is 10.5 Å². The third kappa shape index (κ3) is 2.74. The number of ether oxygens (including phenoxy) is 1. The molecule has 2 N–H and O–H groups in total. The van der Waals surface area contributed by atoms with E-state index >= 15 is 0 Å². The molecule has 0 aliphatic heterocycles. The van der Waals surface area contributed by atoms with Gasteiger partial charge < -0.3 is 10.5 Å². The molecule has 0 saturated carbocycles. The molecule has 2 aromatic rings. The topological polar surface area (TPSA) is 61.0 Å². The third-order valence-corrected chi connectivity index (χ3v) is 2.52. The number of nitrogens with two attached hydrogens (primary N) is 1. The molecule has 0 atom stereocenters. The van der Waals surface area contributed by atoms with Crippen LogP contribution in [0.1, 0.15) is 18.2 Å². The minimum absolute atomic E-state index is 0.0151. The highest BCUT2D eigenvalue weighted by Crippen LogP contribution is 2.17. The lowest BCUT2D eigenvalue weighted by Gasteiger charge is -2.07. The molecule has 94 valence electrons. The largest absolute Gasteiger partial charge is 0.471 e. The van der Waals surface area contributed by atoms with Crippen molar-refractivity contribution in [3.05, 3.63) is 47.7 Å². The van der Waals surface area contributed by atoms with Gasteiger partial charge in [-0.3, -0.25) is 0 Å². The lowest BCUT2D eigenvalue weighted by atomic mass is 10.2. The number of hydrogen-bond donors (Lipinski definition) is 1. The summed E-state index contributed by atoms with van der Waals surface area (Å²) in [6, 6.07) is 7.20. The van der Waals surface area contributed by atoms with Crippen molar-refractivity contribution in [2.45, 2.75) is 20.0 Å². The Morgan fingerprint density at radius 3 is 2.61 bits per heavy atom. The summed E-state index contributed by atoms with van der Waals surface area (Å²) in [7, 11) is 0. The predicted octanol–water partition coefficient (Wildman–Crippen LogP) is 2.34. The van der Waals surface area contributed by atoms with Crippen molar-refractivity contribution in [2.24, 2.45) is 0 Å². The first kappa shape index (κ1) is 12.3. The first-order valence-electron chi connectivity index (χ1n) is 5.67. The summed E-state index contributed by atoms with van der Waals surface area (Å²) in [5, 5.41) is 0. The second-order valence-electron chi connectivity index (χ2n) is 3.82. The van der Waals surface area contributed by atoms with Crippen LogP contribution in [0.15, 0.2) is 30.6 Å². The highest BCUT2D eigenvalue weighted by molar-refractivity contribution is 5.39. The van der Waals surface area contributed by atoms with Gasteiger partial charge in [-0.15, -0.1) is 0 Å². The van der Waals surface area contributed by atoms with E-state index in [-0.39, 0.29) is 12.5 Å². The van der Waals surface area contributed by atoms with Crippen LogP contribution in [0.2, 0.25) is 0 Å². The van der Waals surface area contributed by atoms with Crippen molar-refractivity contribution in [1.82, 2.24) is 9.97 Å². The van der Waals surface area contributed by atoms with E-state index in [0.717, 1.165) is 5.56 Å². The van der Waals surface area contributed by atoms with E-state index in [1.807, 2.05) is 19.1 Å². The van der Waals surface area contributed by atoms with Crippen molar-refractivity contribution in [3.8, 4) is 5.88 Å². The molecule has 0 aliphatic carbocycles. The molecule has 0 aliphatic rings. The number of aryl methyl sites for hydroxylation is 1. The van der Waals surface area contributed by atoms with Gasteiger partial charge in [0.15, 0.2) is 0 Å². The number of nitrogens with zero attached hydrogens (tertiary/aromatic N) is 2. The lowest BCUT2D eigenvalue weighted by molar-refractivity contribution is 0.274. The highest BCUT2D eigenvalue weighted by atomic mass is 19.1. The molecular formula is C13H14FN3O. The summed E-state index contributed by atoms with van der Waals surface area (Å²) in [5.74, 6) is -0.505. The van der Waals surface area contributed by atoms with Gasteiger partial charge in [0.2, 0.25) is 5.82 Å². The molecule has 1 aromatic heterocycles. The van der Waals surface area contributed by atoms with E-state index in [2.05, 4.69) is 9.97 Å². The van der Waals surface area contributed by atoms with Crippen LogP contribution in [0.5, 0.6) is 5.88 Å². The third-order valence-electron chi connectivity index (χ3n) is 2.52. The monoisotopic (exact) mass is 247 g/mol. The molecule has 0 unspecified atom stereocenters. The normalized spacial score (nSPS) is 10.3. The second kappa shape index (κ2) is 5.44. The Morgan fingerprint density at radius 2 is 1.94 bits per heavy atom. The van der Waals surface area contributed by atoms with Crippen molar-refractivity contribution < 1.29 is 9.13 Å². The molecule has 18 heavy (non-hydrogen) atoms. The highest BCUT2D eigenvalue weighted by Gasteiger charge is 2.10. The molecule has 0 bridgehead atoms. The number of nitrogen functional groups attached to an aromatic ring is 1. The average Bonchev–Trinajstić information content (AvgIpc) is 2.39. The van der Waals surface area contributed by atoms with Gasteiger partial charge in [0.05, 0.1) is 5.69 Å². The number of benzene rings is 1. The summed E-state index contributed by atoms with van der Waals surface area (Å²) in [6.07, 6.45) is 1.81. The number of hydrogen-bond acceptors (Lipinski definition) is 4. The predicted molar refractivity (Wildman–Crippen MR) is 66.6 cm³/mol. The molecule has 0 radical (unpaired) electrons. The summed E-state index contributed by atoms with van der Waals surface area (Å²) < 4.78 is 19.1. The fourth-order valence-corrected chi connectivity index (χ4v) is 1.50. The molecule has 4 nitrogen and oxygen atoms in total. The average molecular weight is 247 g/mol. The number of anilines is 1. The van der Waals surface area contributed by atoms with Gasteiger partial charge in [0.1, 0.15) is 12.9 Å². The van der Waals surface area contributed by atoms with Gasteiger partial charge in [-0.1, -0.05) is 19.1 Å². The van der Waals surface area contributed by atoms with Crippen LogP contribution in [-0.2, 0) is 13.0 Å². The Morgan fingerprint density at radius 1 is 1.22 bits per heavy atom. The van der Waals surface area contributed by atoms with Crippen LogP contribution in [-0.4, -0.2) is 9.97 Å². The molecule has 0 saturated heterocycles. The van der Waals surface area contributed by atoms with Gasteiger partial charge in [-0.2, -0.15) is 9.37 Å². The zero-order valence-electron chi connectivity index (χ0n) is 10.1. The molecular weight excluding hydrogens is 233 g/mol. The molecule has 5 heteroatoms. The fourth-order valence-electron chi connectivity index (χ4n) is 1.50. The van der Waals surface area contributed by atoms with Crippen LogP contribution in [0, 0.1) is 5.82 Å². The molecule has 0 spiro atoms. The molecule has 0 fully saturated rings. The fraction of sp³-hybridized carbons (Fsp3) is 0.231. The van der Waals surface area contributed by atoms with Crippen LogP contribution in [0.3, 0.4) is 0 Å². The van der Waals surface area contributed by atoms with Crippen molar-refractivity contribution in [3.63, 3.8) is 0 Å². The smallest absolute Gasteiger partial charge is 0.254 e. The summed E-state index contributed by atoms with van der Waals surface area (Å²) in [6.45, 7) is 2.08. The van der Waals surface area contributed by atoms with Gasteiger partial charge in [0, 0.05) is 5.69 Å². The Kier molecular flexibility index (Phi) is 3.72. The van der Waals surface area contributed by atoms with E-state index in [4.69, 9.17) is 10.5 Å². The zero-order valence-corrected chi connectivity index (χ0v) is 10.1. The Bertz CT molecular complexity index is 528. The van der Waals surface area contributed by atoms with Crippen molar-refractivity contribution in [2.75, 3.05) is 5.73 Å². The van der Waals surface area contributed by atoms with Gasteiger partial charge in [-0.05, 0) is 24.1 Å². The number of aromatic nitrogens is 2. The summed E-state index contributed by atoms with van der Waals surface area (Å²) in [4.78, 5) is 7.63. The lowest BCUT2D eigenvalue weighted by Crippen LogP contribution is -2.03. The van der Waals surface area contributed by atoms with Gasteiger partial charge in [0.25, 0.3) is 5.88 Å². The Hall–Kier alpha value is -2.17. The summed E-state index contributed by atoms with van der Waals surface area (Å²) in [5.41, 5.74) is 7.52. The van der Waals surface area contributed by atoms with E-state index in [9.17, 15) is 4.39 Å². The maximum absolute atomic E-state index is 13.8. The maximum atomic E-state index is 13.8. The van der Waals surface area contributed by atoms with Gasteiger partial charge >= 0.3 is 0 Å². The van der Waals surface area contributed by atoms with Crippen molar-refractivity contribution in [1.29, 1.82) is 0 Å². The second-order valence-corrected chi connectivity index (χ2v) is 3.82. The maximum Gasteiger partial charge on any atom is 0.254 e. The quantitative estimate of drug-likeness (QED) is 0.842. The van der Waals surface area contributed by atoms with E-state index in [1.54, 1.807) is 12.1 Å². The van der Waals surface area contributed by atoms with Gasteiger partial charge in [-0.25, -0.2) is 4.98 Å². The van der Waals surface area contributed by atoms with Crippen LogP contribution in [0.4, 0.5) is 10.1 Å². The van der Waals surface area contributed by atoms with Crippen LogP contribution in [0.25, 0.3) is 0 Å². The summed E-state index contributed by atoms with van der Waals surface area (Å²) >= 11 is 0. The minimum atomic E-state index is -0.490. The van der Waals surface area contributed by atoms with E-state index < -0.39 is 5.82 Å². The first-order chi connectivity index (χ1) is 8.70. The van der Waals surface area contributed by atoms with E-state index in [0.29, 0.717) is 17.8 Å². The van der Waals surface area contributed by atoms with E-state index in [1.165, 1.54) is 6.33 Å². The Balaban J connectivity index is 2.08. The Labute approximate surface area is 105 Å². The molecule has 1 aromatic carbocycles. The minimum Gasteiger partial charge on any atom is -0.471 e. The number of halogens is 1. The number of rotatable bonds is 4. The first-order valence-corrected chi connectivity index (χ1v) is 5.67. The molecule has 0 amide bonds. The SMILES string of the molecule is CCc1ncnc(OCc2ccc(N)cc2)c1F. The zero-order chi connectivity index (χ0) is 13.0. The van der Waals surface area contributed by atoms with Crippen LogP contribution >= 0.6 is 0 Å². The standard InChI is InChI=1S/C13H14FN3O/c1-2-11-12(14)13(17-8-16-11)18-7-9-3-5-10(15)6-4-9/h3-6,8H,2,7,15H2,1H3. The van der Waals surface area contributed by atoms with Crippen molar-refractivity contribution >= 4 is 5.69 Å². The molecule has 1 heterocycles.